The number of aliphatic hydroxyl groups is 1. The Morgan fingerprint density at radius 3 is 2.15 bits per heavy atom. The fraction of sp³-hybridized carbons (Fsp3) is 0.714. The average molecular weight is 191 g/mol. The summed E-state index contributed by atoms with van der Waals surface area (Å²) < 4.78 is 0. The van der Waals surface area contributed by atoms with Gasteiger partial charge < -0.3 is 21.1 Å². The first-order valence-corrected chi connectivity index (χ1v) is 3.80. The average Bonchev–Trinajstić information content (AvgIpc) is 2.02. The summed E-state index contributed by atoms with van der Waals surface area (Å²) in [5, 5.41) is 26.5. The van der Waals surface area contributed by atoms with Crippen molar-refractivity contribution in [1.29, 1.82) is 0 Å². The lowest BCUT2D eigenvalue weighted by atomic mass is 9.90. The summed E-state index contributed by atoms with van der Waals surface area (Å²) in [5.74, 6) is -3.14. The molecule has 0 spiro atoms. The van der Waals surface area contributed by atoms with E-state index < -0.39 is 23.6 Å². The first-order valence-electron chi connectivity index (χ1n) is 3.80. The van der Waals surface area contributed by atoms with Crippen LogP contribution in [0.2, 0.25) is 0 Å². The summed E-state index contributed by atoms with van der Waals surface area (Å²) in [4.78, 5) is 20.9. The van der Waals surface area contributed by atoms with Gasteiger partial charge in [-0.1, -0.05) is 13.3 Å². The summed E-state index contributed by atoms with van der Waals surface area (Å²) in [5.41, 5.74) is 2.68. The minimum Gasteiger partial charge on any atom is -0.480 e. The van der Waals surface area contributed by atoms with Gasteiger partial charge in [0.1, 0.15) is 6.04 Å². The second-order valence-electron chi connectivity index (χ2n) is 2.80. The second kappa shape index (κ2) is 4.20. The molecule has 0 aliphatic heterocycles. The SMILES string of the molecule is CCCC(O)(C(=O)O)[C@H](N)C(=O)O. The van der Waals surface area contributed by atoms with Crippen molar-refractivity contribution >= 4 is 11.9 Å². The van der Waals surface area contributed by atoms with Crippen molar-refractivity contribution in [3.8, 4) is 0 Å². The molecule has 0 rings (SSSR count). The van der Waals surface area contributed by atoms with E-state index in [0.29, 0.717) is 6.42 Å². The summed E-state index contributed by atoms with van der Waals surface area (Å²) in [6, 6.07) is -1.80. The van der Waals surface area contributed by atoms with Crippen LogP contribution in [0.15, 0.2) is 0 Å². The number of rotatable bonds is 5. The predicted molar refractivity (Wildman–Crippen MR) is 43.1 cm³/mol. The Balaban J connectivity index is 4.77. The van der Waals surface area contributed by atoms with Gasteiger partial charge in [-0.15, -0.1) is 0 Å². The molecule has 2 atom stereocenters. The van der Waals surface area contributed by atoms with Crippen LogP contribution in [0.1, 0.15) is 19.8 Å². The van der Waals surface area contributed by atoms with Crippen LogP contribution in [0.25, 0.3) is 0 Å². The minimum atomic E-state index is -2.37. The van der Waals surface area contributed by atoms with Gasteiger partial charge in [-0.25, -0.2) is 4.79 Å². The number of hydrogen-bond donors (Lipinski definition) is 4. The van der Waals surface area contributed by atoms with Crippen LogP contribution in [0.4, 0.5) is 0 Å². The Labute approximate surface area is 75.0 Å². The lowest BCUT2D eigenvalue weighted by Gasteiger charge is -2.26. The molecule has 0 aliphatic rings. The lowest BCUT2D eigenvalue weighted by molar-refractivity contribution is -0.168. The van der Waals surface area contributed by atoms with Gasteiger partial charge >= 0.3 is 11.9 Å². The van der Waals surface area contributed by atoms with Crippen molar-refractivity contribution < 1.29 is 24.9 Å². The van der Waals surface area contributed by atoms with Crippen LogP contribution in [0.3, 0.4) is 0 Å². The molecule has 0 heterocycles. The maximum Gasteiger partial charge on any atom is 0.337 e. The first-order chi connectivity index (χ1) is 5.86. The van der Waals surface area contributed by atoms with Crippen LogP contribution in [0, 0.1) is 0 Å². The molecule has 0 amide bonds. The number of carboxylic acids is 2. The highest BCUT2D eigenvalue weighted by Crippen LogP contribution is 2.17. The van der Waals surface area contributed by atoms with Gasteiger partial charge in [0.05, 0.1) is 0 Å². The molecule has 6 nitrogen and oxygen atoms in total. The Morgan fingerprint density at radius 2 is 1.92 bits per heavy atom. The predicted octanol–water partition coefficient (Wildman–Crippen LogP) is -0.986. The van der Waals surface area contributed by atoms with Gasteiger partial charge in [0, 0.05) is 0 Å². The minimum absolute atomic E-state index is 0.185. The third-order valence-corrected chi connectivity index (χ3v) is 1.78. The molecule has 76 valence electrons. The maximum absolute atomic E-state index is 10.6. The van der Waals surface area contributed by atoms with E-state index in [9.17, 15) is 14.7 Å². The fourth-order valence-electron chi connectivity index (χ4n) is 0.981. The quantitative estimate of drug-likeness (QED) is 0.443. The number of nitrogens with two attached hydrogens (primary N) is 1. The van der Waals surface area contributed by atoms with E-state index in [0.717, 1.165) is 0 Å². The molecule has 0 fully saturated rings. The molecule has 0 bridgehead atoms. The molecule has 0 saturated heterocycles. The van der Waals surface area contributed by atoms with Gasteiger partial charge in [-0.2, -0.15) is 0 Å². The number of aliphatic carboxylic acids is 2. The van der Waals surface area contributed by atoms with E-state index in [2.05, 4.69) is 0 Å². The highest BCUT2D eigenvalue weighted by molar-refractivity contribution is 5.87. The zero-order valence-electron chi connectivity index (χ0n) is 7.23. The molecule has 13 heavy (non-hydrogen) atoms. The van der Waals surface area contributed by atoms with Gasteiger partial charge in [-0.05, 0) is 6.42 Å². The lowest BCUT2D eigenvalue weighted by Crippen LogP contribution is -2.57. The van der Waals surface area contributed by atoms with Crippen LogP contribution in [-0.2, 0) is 9.59 Å². The van der Waals surface area contributed by atoms with Gasteiger partial charge in [0.25, 0.3) is 0 Å². The topological polar surface area (TPSA) is 121 Å². The summed E-state index contributed by atoms with van der Waals surface area (Å²) in [6.45, 7) is 1.63. The molecule has 0 aromatic heterocycles. The summed E-state index contributed by atoms with van der Waals surface area (Å²) >= 11 is 0. The molecular weight excluding hydrogens is 178 g/mol. The van der Waals surface area contributed by atoms with Gasteiger partial charge in [-0.3, -0.25) is 4.79 Å². The van der Waals surface area contributed by atoms with Crippen LogP contribution >= 0.6 is 0 Å². The van der Waals surface area contributed by atoms with Crippen molar-refractivity contribution in [2.75, 3.05) is 0 Å². The van der Waals surface area contributed by atoms with Crippen LogP contribution < -0.4 is 5.73 Å². The maximum atomic E-state index is 10.6. The molecular formula is C7H13NO5. The number of hydrogen-bond acceptors (Lipinski definition) is 4. The van der Waals surface area contributed by atoms with Crippen LogP contribution in [-0.4, -0.2) is 38.9 Å². The largest absolute Gasteiger partial charge is 0.480 e. The van der Waals surface area contributed by atoms with Crippen molar-refractivity contribution in [3.05, 3.63) is 0 Å². The van der Waals surface area contributed by atoms with Crippen molar-refractivity contribution in [2.45, 2.75) is 31.4 Å². The van der Waals surface area contributed by atoms with Crippen molar-refractivity contribution in [3.63, 3.8) is 0 Å². The number of carbonyl (C=O) groups is 2. The van der Waals surface area contributed by atoms with E-state index in [1.54, 1.807) is 6.92 Å². The summed E-state index contributed by atoms with van der Waals surface area (Å²) in [6.07, 6.45) is 0.152. The van der Waals surface area contributed by atoms with E-state index in [4.69, 9.17) is 15.9 Å². The smallest absolute Gasteiger partial charge is 0.337 e. The van der Waals surface area contributed by atoms with E-state index >= 15 is 0 Å². The molecule has 0 aromatic rings. The molecule has 0 saturated carbocycles. The second-order valence-corrected chi connectivity index (χ2v) is 2.80. The van der Waals surface area contributed by atoms with E-state index in [1.807, 2.05) is 0 Å². The standard InChI is InChI=1S/C7H13NO5/c1-2-3-7(13,6(11)12)4(8)5(9)10/h4,13H,2-3,8H2,1H3,(H,9,10)(H,11,12)/t4-,7?/m1/s1. The van der Waals surface area contributed by atoms with Gasteiger partial charge in [0.2, 0.25) is 0 Å². The Bertz CT molecular complexity index is 217. The monoisotopic (exact) mass is 191 g/mol. The Kier molecular flexibility index (Phi) is 3.83. The third-order valence-electron chi connectivity index (χ3n) is 1.78. The molecule has 0 aliphatic carbocycles. The molecule has 6 heteroatoms. The highest BCUT2D eigenvalue weighted by atomic mass is 16.4. The molecule has 0 radical (unpaired) electrons. The number of carboxylic acid groups (broad SMARTS) is 2. The normalized spacial score (nSPS) is 17.5. The van der Waals surface area contributed by atoms with Crippen LogP contribution in [0.5, 0.6) is 0 Å². The molecule has 1 unspecified atom stereocenters. The Hall–Kier alpha value is -1.14. The molecule has 5 N–H and O–H groups in total. The zero-order chi connectivity index (χ0) is 10.6. The third kappa shape index (κ3) is 2.40. The highest BCUT2D eigenvalue weighted by Gasteiger charge is 2.45. The van der Waals surface area contributed by atoms with Crippen molar-refractivity contribution in [1.82, 2.24) is 0 Å². The first kappa shape index (κ1) is 11.9. The summed E-state index contributed by atoms with van der Waals surface area (Å²) in [7, 11) is 0. The van der Waals surface area contributed by atoms with Gasteiger partial charge in [0.15, 0.2) is 5.60 Å². The fourth-order valence-corrected chi connectivity index (χ4v) is 0.981. The van der Waals surface area contributed by atoms with Crippen molar-refractivity contribution in [2.24, 2.45) is 5.73 Å². The van der Waals surface area contributed by atoms with E-state index in [1.165, 1.54) is 0 Å². The molecule has 0 aromatic carbocycles. The Morgan fingerprint density at radius 1 is 1.46 bits per heavy atom. The van der Waals surface area contributed by atoms with E-state index in [-0.39, 0.29) is 6.42 Å². The zero-order valence-corrected chi connectivity index (χ0v) is 7.23.